The van der Waals surface area contributed by atoms with Crippen LogP contribution >= 0.6 is 12.4 Å². The Morgan fingerprint density at radius 3 is 2.27 bits per heavy atom. The number of carbonyl (C=O) groups is 1. The van der Waals surface area contributed by atoms with Gasteiger partial charge in [0.05, 0.1) is 4.90 Å². The Morgan fingerprint density at radius 2 is 1.65 bits per heavy atom. The zero-order chi connectivity index (χ0) is 18.3. The second-order valence-electron chi connectivity index (χ2n) is 5.78. The number of hydrogen-bond donors (Lipinski definition) is 3. The number of benzene rings is 2. The quantitative estimate of drug-likeness (QED) is 0.592. The zero-order valence-electron chi connectivity index (χ0n) is 14.5. The molecular weight excluding hydrogens is 374 g/mol. The number of hydrogen-bond acceptors (Lipinski definition) is 4. The van der Waals surface area contributed by atoms with Crippen LogP contribution in [0.4, 0.5) is 0 Å². The summed E-state index contributed by atoms with van der Waals surface area (Å²) >= 11 is 0. The lowest BCUT2D eigenvalue weighted by atomic mass is 10.0. The molecule has 0 heterocycles. The molecule has 0 aliphatic heterocycles. The van der Waals surface area contributed by atoms with E-state index in [4.69, 9.17) is 5.73 Å². The fourth-order valence-corrected chi connectivity index (χ4v) is 3.31. The average Bonchev–Trinajstić information content (AvgIpc) is 2.60. The topological polar surface area (TPSA) is 101 Å². The van der Waals surface area contributed by atoms with Gasteiger partial charge in [-0.3, -0.25) is 4.79 Å². The molecule has 0 bridgehead atoms. The van der Waals surface area contributed by atoms with Crippen LogP contribution in [0.5, 0.6) is 0 Å². The molecule has 2 aromatic rings. The minimum atomic E-state index is -3.57. The van der Waals surface area contributed by atoms with E-state index in [2.05, 4.69) is 10.0 Å². The van der Waals surface area contributed by atoms with Crippen molar-refractivity contribution in [2.45, 2.75) is 24.3 Å². The van der Waals surface area contributed by atoms with E-state index in [0.717, 1.165) is 11.1 Å². The second-order valence-corrected chi connectivity index (χ2v) is 7.55. The van der Waals surface area contributed by atoms with E-state index in [0.29, 0.717) is 0 Å². The van der Waals surface area contributed by atoms with Gasteiger partial charge in [-0.2, -0.15) is 0 Å². The van der Waals surface area contributed by atoms with Crippen molar-refractivity contribution in [1.29, 1.82) is 0 Å². The Hall–Kier alpha value is -1.93. The maximum absolute atomic E-state index is 12.1. The molecule has 4 N–H and O–H groups in total. The van der Waals surface area contributed by atoms with Gasteiger partial charge < -0.3 is 11.1 Å². The van der Waals surface area contributed by atoms with E-state index in [1.54, 1.807) is 24.3 Å². The maximum Gasteiger partial charge on any atom is 0.240 e. The summed E-state index contributed by atoms with van der Waals surface area (Å²) in [6.45, 7) is 2.20. The molecular formula is C18H24ClN3O3S. The van der Waals surface area contributed by atoms with Gasteiger partial charge in [0.1, 0.15) is 0 Å². The summed E-state index contributed by atoms with van der Waals surface area (Å²) in [5.41, 5.74) is 7.86. The molecule has 1 amide bonds. The number of halogens is 1. The van der Waals surface area contributed by atoms with Crippen LogP contribution in [0.3, 0.4) is 0 Å². The number of aryl methyl sites for hydroxylation is 1. The van der Waals surface area contributed by atoms with Crippen molar-refractivity contribution in [3.8, 4) is 0 Å². The van der Waals surface area contributed by atoms with Crippen molar-refractivity contribution in [2.24, 2.45) is 5.73 Å². The number of rotatable bonds is 8. The van der Waals surface area contributed by atoms with Crippen molar-refractivity contribution >= 4 is 28.3 Å². The largest absolute Gasteiger partial charge is 0.355 e. The van der Waals surface area contributed by atoms with Gasteiger partial charge in [-0.25, -0.2) is 13.1 Å². The molecule has 0 aliphatic rings. The third-order valence-corrected chi connectivity index (χ3v) is 5.18. The summed E-state index contributed by atoms with van der Waals surface area (Å²) in [5.74, 6) is -0.217. The number of nitrogens with two attached hydrogens (primary N) is 1. The summed E-state index contributed by atoms with van der Waals surface area (Å²) in [6.07, 6.45) is 0.148. The van der Waals surface area contributed by atoms with Crippen molar-refractivity contribution in [1.82, 2.24) is 10.0 Å². The molecule has 142 valence electrons. The Morgan fingerprint density at radius 1 is 1.04 bits per heavy atom. The minimum absolute atomic E-state index is 0. The Labute approximate surface area is 160 Å². The van der Waals surface area contributed by atoms with Crippen LogP contribution in [0.25, 0.3) is 0 Å². The molecule has 0 aromatic heterocycles. The van der Waals surface area contributed by atoms with Gasteiger partial charge in [0.25, 0.3) is 0 Å². The van der Waals surface area contributed by atoms with Crippen LogP contribution in [0.15, 0.2) is 59.5 Å². The van der Waals surface area contributed by atoms with Gasteiger partial charge in [-0.1, -0.05) is 48.0 Å². The summed E-state index contributed by atoms with van der Waals surface area (Å²) in [6, 6.07) is 15.6. The highest BCUT2D eigenvalue weighted by atomic mass is 35.5. The minimum Gasteiger partial charge on any atom is -0.355 e. The highest BCUT2D eigenvalue weighted by Crippen LogP contribution is 2.12. The number of sulfonamides is 1. The van der Waals surface area contributed by atoms with Crippen molar-refractivity contribution < 1.29 is 13.2 Å². The molecule has 2 rings (SSSR count). The fourth-order valence-electron chi connectivity index (χ4n) is 2.28. The maximum atomic E-state index is 12.1. The predicted molar refractivity (Wildman–Crippen MR) is 105 cm³/mol. The smallest absolute Gasteiger partial charge is 0.240 e. The molecule has 8 heteroatoms. The van der Waals surface area contributed by atoms with Crippen LogP contribution in [-0.2, 0) is 14.8 Å². The summed E-state index contributed by atoms with van der Waals surface area (Å²) in [5, 5.41) is 2.67. The molecule has 0 fully saturated rings. The van der Waals surface area contributed by atoms with E-state index < -0.39 is 10.0 Å². The number of amides is 1. The molecule has 1 atom stereocenters. The highest BCUT2D eigenvalue weighted by molar-refractivity contribution is 7.89. The standard InChI is InChI=1S/C18H23N3O3S.ClH/c1-14-7-9-16(10-8-14)25(23,24)21-12-11-20-18(22)13-17(19)15-5-3-2-4-6-15;/h2-10,17,21H,11-13,19H2,1H3,(H,20,22);1H. The van der Waals surface area contributed by atoms with Gasteiger partial charge in [-0.05, 0) is 24.6 Å². The first kappa shape index (κ1) is 22.1. The molecule has 1 unspecified atom stereocenters. The molecule has 0 saturated heterocycles. The van der Waals surface area contributed by atoms with E-state index in [-0.39, 0.29) is 48.8 Å². The number of nitrogens with one attached hydrogen (secondary N) is 2. The van der Waals surface area contributed by atoms with E-state index in [9.17, 15) is 13.2 Å². The van der Waals surface area contributed by atoms with Crippen LogP contribution in [0.1, 0.15) is 23.6 Å². The summed E-state index contributed by atoms with van der Waals surface area (Å²) < 4.78 is 26.7. The molecule has 0 radical (unpaired) electrons. The van der Waals surface area contributed by atoms with Gasteiger partial charge in [0.15, 0.2) is 0 Å². The first-order valence-corrected chi connectivity index (χ1v) is 9.50. The van der Waals surface area contributed by atoms with Crippen LogP contribution in [0.2, 0.25) is 0 Å². The van der Waals surface area contributed by atoms with E-state index in [1.807, 2.05) is 37.3 Å². The molecule has 0 saturated carbocycles. The number of carbonyl (C=O) groups excluding carboxylic acids is 1. The Balaban J connectivity index is 0.00000338. The van der Waals surface area contributed by atoms with Gasteiger partial charge in [0, 0.05) is 25.6 Å². The predicted octanol–water partition coefficient (Wildman–Crippen LogP) is 1.90. The molecule has 26 heavy (non-hydrogen) atoms. The SMILES string of the molecule is Cc1ccc(S(=O)(=O)NCCNC(=O)CC(N)c2ccccc2)cc1.Cl. The highest BCUT2D eigenvalue weighted by Gasteiger charge is 2.14. The van der Waals surface area contributed by atoms with E-state index in [1.165, 1.54) is 0 Å². The zero-order valence-corrected chi connectivity index (χ0v) is 16.1. The Bertz CT molecular complexity index is 796. The third kappa shape index (κ3) is 6.76. The Kier molecular flexibility index (Phi) is 8.74. The monoisotopic (exact) mass is 397 g/mol. The summed E-state index contributed by atoms with van der Waals surface area (Å²) in [7, 11) is -3.57. The molecule has 0 spiro atoms. The fraction of sp³-hybridized carbons (Fsp3) is 0.278. The lowest BCUT2D eigenvalue weighted by molar-refractivity contribution is -0.121. The van der Waals surface area contributed by atoms with Gasteiger partial charge in [-0.15, -0.1) is 12.4 Å². The van der Waals surface area contributed by atoms with Crippen molar-refractivity contribution in [2.75, 3.05) is 13.1 Å². The lowest BCUT2D eigenvalue weighted by Crippen LogP contribution is -2.35. The van der Waals surface area contributed by atoms with Crippen molar-refractivity contribution in [3.63, 3.8) is 0 Å². The molecule has 2 aromatic carbocycles. The second kappa shape index (κ2) is 10.3. The third-order valence-electron chi connectivity index (χ3n) is 3.70. The molecule has 6 nitrogen and oxygen atoms in total. The van der Waals surface area contributed by atoms with Gasteiger partial charge in [0.2, 0.25) is 15.9 Å². The lowest BCUT2D eigenvalue weighted by Gasteiger charge is -2.12. The summed E-state index contributed by atoms with van der Waals surface area (Å²) in [4.78, 5) is 12.1. The van der Waals surface area contributed by atoms with Crippen LogP contribution in [0, 0.1) is 6.92 Å². The normalized spacial score (nSPS) is 12.1. The van der Waals surface area contributed by atoms with Gasteiger partial charge >= 0.3 is 0 Å². The van der Waals surface area contributed by atoms with Crippen molar-refractivity contribution in [3.05, 3.63) is 65.7 Å². The van der Waals surface area contributed by atoms with E-state index >= 15 is 0 Å². The van der Waals surface area contributed by atoms with Crippen LogP contribution < -0.4 is 15.8 Å². The average molecular weight is 398 g/mol. The van der Waals surface area contributed by atoms with Crippen LogP contribution in [-0.4, -0.2) is 27.4 Å². The first-order valence-electron chi connectivity index (χ1n) is 8.02. The molecule has 0 aliphatic carbocycles. The first-order chi connectivity index (χ1) is 11.9.